The van der Waals surface area contributed by atoms with Crippen molar-refractivity contribution in [3.05, 3.63) is 33.8 Å². The second kappa shape index (κ2) is 6.80. The van der Waals surface area contributed by atoms with Gasteiger partial charge in [0.1, 0.15) is 11.6 Å². The summed E-state index contributed by atoms with van der Waals surface area (Å²) in [6.45, 7) is 9.14. The monoisotopic (exact) mass is 333 g/mol. The Morgan fingerprint density at radius 3 is 2.37 bits per heavy atom. The summed E-state index contributed by atoms with van der Waals surface area (Å²) in [5, 5.41) is 3.31. The molecule has 19 heavy (non-hydrogen) atoms. The van der Waals surface area contributed by atoms with Crippen LogP contribution in [0.25, 0.3) is 0 Å². The van der Waals surface area contributed by atoms with Gasteiger partial charge in [0.05, 0.1) is 4.47 Å². The van der Waals surface area contributed by atoms with Crippen molar-refractivity contribution in [1.82, 2.24) is 5.32 Å². The normalized spacial score (nSPS) is 13.6. The lowest BCUT2D eigenvalue weighted by atomic mass is 9.85. The molecule has 0 saturated heterocycles. The highest BCUT2D eigenvalue weighted by Crippen LogP contribution is 2.32. The molecule has 0 aliphatic carbocycles. The second-order valence-corrected chi connectivity index (χ2v) is 6.91. The average Bonchev–Trinajstić information content (AvgIpc) is 2.28. The van der Waals surface area contributed by atoms with Crippen LogP contribution in [-0.4, -0.2) is 6.54 Å². The van der Waals surface area contributed by atoms with Gasteiger partial charge in [-0.1, -0.05) is 27.7 Å². The average molecular weight is 334 g/mol. The zero-order valence-corrected chi connectivity index (χ0v) is 13.6. The molecule has 0 fully saturated rings. The van der Waals surface area contributed by atoms with Gasteiger partial charge in [-0.2, -0.15) is 0 Å². The van der Waals surface area contributed by atoms with E-state index in [1.165, 1.54) is 12.1 Å². The Hall–Kier alpha value is -0.480. The minimum atomic E-state index is -0.423. The first-order valence-corrected chi connectivity index (χ1v) is 7.41. The van der Waals surface area contributed by atoms with E-state index in [0.29, 0.717) is 5.56 Å². The zero-order valence-electron chi connectivity index (χ0n) is 12.0. The zero-order chi connectivity index (χ0) is 14.6. The molecule has 1 nitrogen and oxygen atoms in total. The van der Waals surface area contributed by atoms with Crippen LogP contribution in [0, 0.1) is 17.0 Å². The van der Waals surface area contributed by atoms with E-state index in [2.05, 4.69) is 48.9 Å². The first-order valence-electron chi connectivity index (χ1n) is 6.62. The van der Waals surface area contributed by atoms with Gasteiger partial charge in [-0.25, -0.2) is 8.78 Å². The number of nitrogens with one attached hydrogen (secondary N) is 1. The van der Waals surface area contributed by atoms with Crippen LogP contribution in [0.2, 0.25) is 0 Å². The fourth-order valence-corrected chi connectivity index (χ4v) is 2.34. The predicted octanol–water partition coefficient (Wildman–Crippen LogP) is 5.20. The van der Waals surface area contributed by atoms with Crippen molar-refractivity contribution in [3.8, 4) is 0 Å². The molecule has 1 rings (SSSR count). The molecule has 0 aliphatic heterocycles. The summed E-state index contributed by atoms with van der Waals surface area (Å²) in [6, 6.07) is 2.33. The van der Waals surface area contributed by atoms with Gasteiger partial charge in [0.2, 0.25) is 0 Å². The van der Waals surface area contributed by atoms with Gasteiger partial charge in [-0.05, 0) is 52.9 Å². The third-order valence-corrected chi connectivity index (χ3v) is 3.48. The van der Waals surface area contributed by atoms with E-state index < -0.39 is 5.82 Å². The molecule has 0 aromatic heterocycles. The first-order chi connectivity index (χ1) is 8.74. The second-order valence-electron chi connectivity index (χ2n) is 6.06. The van der Waals surface area contributed by atoms with E-state index in [-0.39, 0.29) is 21.7 Å². The van der Waals surface area contributed by atoms with Gasteiger partial charge in [-0.3, -0.25) is 0 Å². The number of hydrogen-bond acceptors (Lipinski definition) is 1. The molecule has 1 aromatic carbocycles. The Balaban J connectivity index is 3.06. The van der Waals surface area contributed by atoms with Crippen LogP contribution in [0.15, 0.2) is 16.6 Å². The van der Waals surface area contributed by atoms with Gasteiger partial charge >= 0.3 is 0 Å². The minimum Gasteiger partial charge on any atom is -0.310 e. The number of halogens is 3. The Morgan fingerprint density at radius 1 is 1.21 bits per heavy atom. The molecule has 108 valence electrons. The summed E-state index contributed by atoms with van der Waals surface area (Å²) < 4.78 is 27.8. The van der Waals surface area contributed by atoms with Crippen molar-refractivity contribution < 1.29 is 8.78 Å². The van der Waals surface area contributed by atoms with Crippen molar-refractivity contribution in [3.63, 3.8) is 0 Å². The lowest BCUT2D eigenvalue weighted by molar-refractivity contribution is 0.306. The maximum atomic E-state index is 14.0. The van der Waals surface area contributed by atoms with Crippen molar-refractivity contribution in [2.24, 2.45) is 5.41 Å². The van der Waals surface area contributed by atoms with E-state index >= 15 is 0 Å². The van der Waals surface area contributed by atoms with Crippen LogP contribution >= 0.6 is 15.9 Å². The molecule has 1 N–H and O–H groups in total. The molecule has 0 saturated carbocycles. The van der Waals surface area contributed by atoms with Gasteiger partial charge in [-0.15, -0.1) is 0 Å². The van der Waals surface area contributed by atoms with Crippen LogP contribution in [-0.2, 0) is 0 Å². The van der Waals surface area contributed by atoms with Crippen LogP contribution in [0.4, 0.5) is 8.78 Å². The van der Waals surface area contributed by atoms with Crippen molar-refractivity contribution in [1.29, 1.82) is 0 Å². The van der Waals surface area contributed by atoms with Crippen LogP contribution < -0.4 is 5.32 Å². The molecule has 0 aliphatic rings. The standard InChI is InChI=1S/C15H22BrF2N/c1-5-6-19-14(9-15(2,3)4)10-7-13(18)11(16)8-12(10)17/h7-8,14,19H,5-6,9H2,1-4H3. The van der Waals surface area contributed by atoms with E-state index in [4.69, 9.17) is 0 Å². The molecule has 0 amide bonds. The number of hydrogen-bond donors (Lipinski definition) is 1. The molecule has 0 heterocycles. The number of benzene rings is 1. The third-order valence-electron chi connectivity index (χ3n) is 2.87. The van der Waals surface area contributed by atoms with Crippen molar-refractivity contribution >= 4 is 15.9 Å². The molecule has 0 radical (unpaired) electrons. The van der Waals surface area contributed by atoms with E-state index in [1.54, 1.807) is 0 Å². The lowest BCUT2D eigenvalue weighted by Crippen LogP contribution is -2.27. The van der Waals surface area contributed by atoms with E-state index in [9.17, 15) is 8.78 Å². The van der Waals surface area contributed by atoms with Gasteiger partial charge in [0.15, 0.2) is 0 Å². The topological polar surface area (TPSA) is 12.0 Å². The fourth-order valence-electron chi connectivity index (χ4n) is 2.03. The highest BCUT2D eigenvalue weighted by atomic mass is 79.9. The van der Waals surface area contributed by atoms with Gasteiger partial charge in [0, 0.05) is 11.6 Å². The van der Waals surface area contributed by atoms with Crippen molar-refractivity contribution in [2.45, 2.75) is 46.6 Å². The number of rotatable bonds is 5. The maximum absolute atomic E-state index is 14.0. The summed E-state index contributed by atoms with van der Waals surface area (Å²) in [4.78, 5) is 0. The Kier molecular flexibility index (Phi) is 5.93. The molecule has 1 aromatic rings. The van der Waals surface area contributed by atoms with Gasteiger partial charge < -0.3 is 5.32 Å². The molecule has 1 unspecified atom stereocenters. The van der Waals surface area contributed by atoms with Crippen molar-refractivity contribution in [2.75, 3.05) is 6.54 Å². The van der Waals surface area contributed by atoms with E-state index in [1.807, 2.05) is 0 Å². The third kappa shape index (κ3) is 5.19. The Morgan fingerprint density at radius 2 is 1.84 bits per heavy atom. The highest BCUT2D eigenvalue weighted by molar-refractivity contribution is 9.10. The smallest absolute Gasteiger partial charge is 0.137 e. The van der Waals surface area contributed by atoms with Crippen LogP contribution in [0.3, 0.4) is 0 Å². The maximum Gasteiger partial charge on any atom is 0.137 e. The highest BCUT2D eigenvalue weighted by Gasteiger charge is 2.23. The van der Waals surface area contributed by atoms with E-state index in [0.717, 1.165) is 19.4 Å². The fraction of sp³-hybridized carbons (Fsp3) is 0.600. The Bertz CT molecular complexity index is 427. The summed E-state index contributed by atoms with van der Waals surface area (Å²) in [6.07, 6.45) is 1.71. The molecular weight excluding hydrogens is 312 g/mol. The molecule has 0 bridgehead atoms. The quantitative estimate of drug-likeness (QED) is 0.730. The Labute approximate surface area is 122 Å². The summed E-state index contributed by atoms with van der Waals surface area (Å²) in [5.74, 6) is -0.792. The summed E-state index contributed by atoms with van der Waals surface area (Å²) >= 11 is 3.01. The minimum absolute atomic E-state index is 0.0431. The van der Waals surface area contributed by atoms with Crippen LogP contribution in [0.5, 0.6) is 0 Å². The summed E-state index contributed by atoms with van der Waals surface area (Å²) in [5.41, 5.74) is 0.450. The SMILES string of the molecule is CCCNC(CC(C)(C)C)c1cc(F)c(Br)cc1F. The van der Waals surface area contributed by atoms with Gasteiger partial charge in [0.25, 0.3) is 0 Å². The molecule has 4 heteroatoms. The molecule has 0 spiro atoms. The summed E-state index contributed by atoms with van der Waals surface area (Å²) in [7, 11) is 0. The first kappa shape index (κ1) is 16.6. The molecule has 1 atom stereocenters. The van der Waals surface area contributed by atoms with Crippen LogP contribution in [0.1, 0.15) is 52.1 Å². The molecular formula is C15H22BrF2N. The largest absolute Gasteiger partial charge is 0.310 e. The predicted molar refractivity (Wildman–Crippen MR) is 79.2 cm³/mol. The lowest BCUT2D eigenvalue weighted by Gasteiger charge is -2.27.